The molecule has 1 unspecified atom stereocenters. The van der Waals surface area contributed by atoms with E-state index in [0.717, 1.165) is 28.5 Å². The van der Waals surface area contributed by atoms with Crippen LogP contribution < -0.4 is 5.32 Å². The normalized spacial score (nSPS) is 18.4. The molecule has 0 bridgehead atoms. The largest absolute Gasteiger partial charge is 0.481 e. The summed E-state index contributed by atoms with van der Waals surface area (Å²) in [4.78, 5) is 16.7. The molecule has 6 heteroatoms. The number of ether oxygens (including phenoxy) is 1. The molecule has 1 aliphatic rings. The van der Waals surface area contributed by atoms with Gasteiger partial charge in [0.15, 0.2) is 5.13 Å². The average Bonchev–Trinajstić information content (AvgIpc) is 2.76. The van der Waals surface area contributed by atoms with Gasteiger partial charge in [0.05, 0.1) is 18.4 Å². The Morgan fingerprint density at radius 3 is 3.11 bits per heavy atom. The Labute approximate surface area is 117 Å². The molecule has 1 aliphatic carbocycles. The Bertz CT molecular complexity index is 445. The molecule has 0 radical (unpaired) electrons. The fraction of sp³-hybridized carbons (Fsp3) is 0.692. The Balaban J connectivity index is 1.95. The third-order valence-corrected chi connectivity index (χ3v) is 4.17. The number of hydrogen-bond acceptors (Lipinski definition) is 5. The highest BCUT2D eigenvalue weighted by Gasteiger charge is 2.29. The lowest BCUT2D eigenvalue weighted by Crippen LogP contribution is -2.17. The number of anilines is 1. The van der Waals surface area contributed by atoms with Gasteiger partial charge in [-0.2, -0.15) is 0 Å². The molecule has 0 spiro atoms. The Kier molecular flexibility index (Phi) is 4.76. The first-order valence-corrected chi connectivity index (χ1v) is 7.47. The molecule has 1 atom stereocenters. The molecule has 0 fully saturated rings. The zero-order valence-electron chi connectivity index (χ0n) is 11.3. The summed E-state index contributed by atoms with van der Waals surface area (Å²) < 4.78 is 5.45. The van der Waals surface area contributed by atoms with E-state index < -0.39 is 11.9 Å². The van der Waals surface area contributed by atoms with Crippen LogP contribution >= 0.6 is 11.3 Å². The second-order valence-electron chi connectivity index (χ2n) is 4.96. The number of thiazole rings is 1. The molecule has 106 valence electrons. The van der Waals surface area contributed by atoms with Crippen LogP contribution in [0.2, 0.25) is 0 Å². The molecule has 19 heavy (non-hydrogen) atoms. The van der Waals surface area contributed by atoms with E-state index in [1.807, 2.05) is 13.8 Å². The molecular weight excluding hydrogens is 264 g/mol. The van der Waals surface area contributed by atoms with Gasteiger partial charge in [-0.05, 0) is 33.1 Å². The number of aromatic nitrogens is 1. The fourth-order valence-electron chi connectivity index (χ4n) is 2.19. The molecule has 2 rings (SSSR count). The first-order valence-electron chi connectivity index (χ1n) is 6.65. The molecule has 5 nitrogen and oxygen atoms in total. The summed E-state index contributed by atoms with van der Waals surface area (Å²) in [7, 11) is 0. The number of aryl methyl sites for hydroxylation is 1. The Hall–Kier alpha value is -1.14. The van der Waals surface area contributed by atoms with Gasteiger partial charge in [-0.1, -0.05) is 0 Å². The molecule has 0 aromatic carbocycles. The SMILES string of the molecule is CC(C)OCCNc1nc2c(s1)CCCC2C(=O)O. The maximum atomic E-state index is 11.2. The smallest absolute Gasteiger partial charge is 0.312 e. The number of rotatable bonds is 6. The Morgan fingerprint density at radius 2 is 2.42 bits per heavy atom. The predicted molar refractivity (Wildman–Crippen MR) is 75.0 cm³/mol. The zero-order chi connectivity index (χ0) is 13.8. The number of nitrogens with zero attached hydrogens (tertiary/aromatic N) is 1. The highest BCUT2D eigenvalue weighted by molar-refractivity contribution is 7.15. The minimum absolute atomic E-state index is 0.225. The van der Waals surface area contributed by atoms with Crippen molar-refractivity contribution in [1.82, 2.24) is 4.98 Å². The first kappa shape index (κ1) is 14.3. The summed E-state index contributed by atoms with van der Waals surface area (Å²) >= 11 is 1.57. The van der Waals surface area contributed by atoms with Crippen LogP contribution in [0.1, 0.15) is 43.2 Å². The maximum absolute atomic E-state index is 11.2. The third kappa shape index (κ3) is 3.67. The van der Waals surface area contributed by atoms with E-state index in [-0.39, 0.29) is 6.10 Å². The van der Waals surface area contributed by atoms with Crippen LogP contribution in [0.3, 0.4) is 0 Å². The fourth-order valence-corrected chi connectivity index (χ4v) is 3.28. The van der Waals surface area contributed by atoms with E-state index in [1.165, 1.54) is 0 Å². The molecular formula is C13H20N2O3S. The molecule has 0 amide bonds. The summed E-state index contributed by atoms with van der Waals surface area (Å²) in [6, 6.07) is 0. The van der Waals surface area contributed by atoms with Crippen LogP contribution in [-0.2, 0) is 16.0 Å². The zero-order valence-corrected chi connectivity index (χ0v) is 12.1. The quantitative estimate of drug-likeness (QED) is 0.785. The van der Waals surface area contributed by atoms with E-state index in [9.17, 15) is 9.90 Å². The van der Waals surface area contributed by atoms with Crippen molar-refractivity contribution in [2.45, 2.75) is 45.1 Å². The maximum Gasteiger partial charge on any atom is 0.312 e. The van der Waals surface area contributed by atoms with Crippen LogP contribution in [0.4, 0.5) is 5.13 Å². The summed E-state index contributed by atoms with van der Waals surface area (Å²) in [5, 5.41) is 13.2. The molecule has 0 saturated carbocycles. The van der Waals surface area contributed by atoms with Gasteiger partial charge in [0, 0.05) is 11.4 Å². The topological polar surface area (TPSA) is 71.5 Å². The summed E-state index contributed by atoms with van der Waals surface area (Å²) in [5.74, 6) is -1.19. The predicted octanol–water partition coefficient (Wildman–Crippen LogP) is 2.48. The monoisotopic (exact) mass is 284 g/mol. The Morgan fingerprint density at radius 1 is 1.63 bits per heavy atom. The number of nitrogens with one attached hydrogen (secondary N) is 1. The van der Waals surface area contributed by atoms with Crippen molar-refractivity contribution in [3.8, 4) is 0 Å². The van der Waals surface area contributed by atoms with Crippen molar-refractivity contribution in [3.05, 3.63) is 10.6 Å². The number of fused-ring (bicyclic) bond motifs is 1. The van der Waals surface area contributed by atoms with Crippen molar-refractivity contribution in [2.24, 2.45) is 0 Å². The van der Waals surface area contributed by atoms with Crippen LogP contribution in [0.15, 0.2) is 0 Å². The van der Waals surface area contributed by atoms with Crippen molar-refractivity contribution in [3.63, 3.8) is 0 Å². The van der Waals surface area contributed by atoms with E-state index in [2.05, 4.69) is 10.3 Å². The van der Waals surface area contributed by atoms with E-state index in [4.69, 9.17) is 4.74 Å². The number of hydrogen-bond donors (Lipinski definition) is 2. The lowest BCUT2D eigenvalue weighted by molar-refractivity contribution is -0.139. The summed E-state index contributed by atoms with van der Waals surface area (Å²) in [6.45, 7) is 5.33. The molecule has 0 saturated heterocycles. The molecule has 1 aromatic heterocycles. The second-order valence-corrected chi connectivity index (χ2v) is 6.04. The standard InChI is InChI=1S/C13H20N2O3S/c1-8(2)18-7-6-14-13-15-11-9(12(16)17)4-3-5-10(11)19-13/h8-9H,3-7H2,1-2H3,(H,14,15)(H,16,17). The number of carboxylic acid groups (broad SMARTS) is 1. The summed E-state index contributed by atoms with van der Waals surface area (Å²) in [5.41, 5.74) is 0.760. The summed E-state index contributed by atoms with van der Waals surface area (Å²) in [6.07, 6.45) is 2.80. The molecule has 2 N–H and O–H groups in total. The lowest BCUT2D eigenvalue weighted by Gasteiger charge is -2.16. The van der Waals surface area contributed by atoms with Crippen molar-refractivity contribution < 1.29 is 14.6 Å². The number of aliphatic carboxylic acids is 1. The van der Waals surface area contributed by atoms with Gasteiger partial charge in [-0.25, -0.2) is 4.98 Å². The van der Waals surface area contributed by atoms with Gasteiger partial charge < -0.3 is 15.2 Å². The van der Waals surface area contributed by atoms with Crippen LogP contribution in [-0.4, -0.2) is 35.3 Å². The van der Waals surface area contributed by atoms with E-state index in [1.54, 1.807) is 11.3 Å². The second kappa shape index (κ2) is 6.34. The van der Waals surface area contributed by atoms with Crippen molar-refractivity contribution >= 4 is 22.4 Å². The first-order chi connectivity index (χ1) is 9.08. The minimum atomic E-state index is -0.763. The van der Waals surface area contributed by atoms with Gasteiger partial charge in [-0.15, -0.1) is 11.3 Å². The number of carboxylic acids is 1. The minimum Gasteiger partial charge on any atom is -0.481 e. The lowest BCUT2D eigenvalue weighted by atomic mass is 9.91. The van der Waals surface area contributed by atoms with Crippen LogP contribution in [0.5, 0.6) is 0 Å². The van der Waals surface area contributed by atoms with Crippen molar-refractivity contribution in [1.29, 1.82) is 0 Å². The van der Waals surface area contributed by atoms with Crippen LogP contribution in [0.25, 0.3) is 0 Å². The van der Waals surface area contributed by atoms with Gasteiger partial charge in [-0.3, -0.25) is 4.79 Å². The van der Waals surface area contributed by atoms with Gasteiger partial charge >= 0.3 is 5.97 Å². The highest BCUT2D eigenvalue weighted by Crippen LogP contribution is 2.36. The van der Waals surface area contributed by atoms with Gasteiger partial charge in [0.2, 0.25) is 0 Å². The molecule has 1 heterocycles. The highest BCUT2D eigenvalue weighted by atomic mass is 32.1. The van der Waals surface area contributed by atoms with E-state index >= 15 is 0 Å². The van der Waals surface area contributed by atoms with E-state index in [0.29, 0.717) is 19.6 Å². The molecule has 1 aromatic rings. The van der Waals surface area contributed by atoms with Gasteiger partial charge in [0.25, 0.3) is 0 Å². The van der Waals surface area contributed by atoms with Crippen molar-refractivity contribution in [2.75, 3.05) is 18.5 Å². The van der Waals surface area contributed by atoms with Gasteiger partial charge in [0.1, 0.15) is 5.92 Å². The molecule has 0 aliphatic heterocycles. The van der Waals surface area contributed by atoms with Crippen LogP contribution in [0, 0.1) is 0 Å². The third-order valence-electron chi connectivity index (χ3n) is 3.08. The average molecular weight is 284 g/mol. The number of carbonyl (C=O) groups is 1.